The average molecular weight is 178 g/mol. The SMILES string of the molecule is NCC1(Cl)C=CC(Cl)=CC1. The van der Waals surface area contributed by atoms with E-state index < -0.39 is 4.87 Å². The third kappa shape index (κ3) is 1.75. The molecule has 0 saturated heterocycles. The van der Waals surface area contributed by atoms with Crippen molar-refractivity contribution >= 4 is 23.2 Å². The highest BCUT2D eigenvalue weighted by atomic mass is 35.5. The Morgan fingerprint density at radius 3 is 2.80 bits per heavy atom. The van der Waals surface area contributed by atoms with Crippen LogP contribution in [0.2, 0.25) is 0 Å². The van der Waals surface area contributed by atoms with Gasteiger partial charge in [0.25, 0.3) is 0 Å². The Balaban J connectivity index is 2.67. The minimum Gasteiger partial charge on any atom is -0.328 e. The molecule has 0 spiro atoms. The van der Waals surface area contributed by atoms with Gasteiger partial charge in [-0.25, -0.2) is 0 Å². The largest absolute Gasteiger partial charge is 0.328 e. The molecule has 2 N–H and O–H groups in total. The first kappa shape index (κ1) is 8.12. The second kappa shape index (κ2) is 2.95. The number of hydrogen-bond donors (Lipinski definition) is 1. The predicted octanol–water partition coefficient (Wildman–Crippen LogP) is 2.01. The molecule has 0 saturated carbocycles. The molecule has 1 unspecified atom stereocenters. The number of halogens is 2. The van der Waals surface area contributed by atoms with Crippen LogP contribution in [-0.4, -0.2) is 11.4 Å². The minimum absolute atomic E-state index is 0.390. The summed E-state index contributed by atoms with van der Waals surface area (Å²) in [6.45, 7) is 0.450. The molecule has 0 bridgehead atoms. The van der Waals surface area contributed by atoms with E-state index in [0.717, 1.165) is 11.5 Å². The highest BCUT2D eigenvalue weighted by molar-refractivity contribution is 6.32. The molecular formula is C7H9Cl2N. The molecule has 1 nitrogen and oxygen atoms in total. The summed E-state index contributed by atoms with van der Waals surface area (Å²) in [5.74, 6) is 0. The van der Waals surface area contributed by atoms with Gasteiger partial charge in [0.2, 0.25) is 0 Å². The normalized spacial score (nSPS) is 32.1. The maximum absolute atomic E-state index is 6.01. The summed E-state index contributed by atoms with van der Waals surface area (Å²) >= 11 is 11.7. The summed E-state index contributed by atoms with van der Waals surface area (Å²) < 4.78 is 0. The van der Waals surface area contributed by atoms with Crippen LogP contribution in [0.4, 0.5) is 0 Å². The van der Waals surface area contributed by atoms with Crippen LogP contribution in [-0.2, 0) is 0 Å². The first-order chi connectivity index (χ1) is 4.66. The molecular weight excluding hydrogens is 169 g/mol. The summed E-state index contributed by atoms with van der Waals surface area (Å²) in [4.78, 5) is -0.390. The lowest BCUT2D eigenvalue weighted by atomic mass is 10.0. The Kier molecular flexibility index (Phi) is 2.40. The van der Waals surface area contributed by atoms with Crippen LogP contribution in [0.1, 0.15) is 6.42 Å². The van der Waals surface area contributed by atoms with Gasteiger partial charge in [-0.3, -0.25) is 0 Å². The van der Waals surface area contributed by atoms with Crippen molar-refractivity contribution in [3.05, 3.63) is 23.3 Å². The highest BCUT2D eigenvalue weighted by Gasteiger charge is 2.22. The van der Waals surface area contributed by atoms with Gasteiger partial charge in [-0.15, -0.1) is 11.6 Å². The maximum atomic E-state index is 6.01. The van der Waals surface area contributed by atoms with E-state index in [2.05, 4.69) is 0 Å². The van der Waals surface area contributed by atoms with Gasteiger partial charge in [-0.2, -0.15) is 0 Å². The van der Waals surface area contributed by atoms with E-state index >= 15 is 0 Å². The maximum Gasteiger partial charge on any atom is 0.0786 e. The molecule has 3 heteroatoms. The van der Waals surface area contributed by atoms with Gasteiger partial charge in [0.15, 0.2) is 0 Å². The number of alkyl halides is 1. The molecule has 0 aromatic carbocycles. The first-order valence-electron chi connectivity index (χ1n) is 3.10. The van der Waals surface area contributed by atoms with Gasteiger partial charge in [0.05, 0.1) is 4.87 Å². The molecule has 56 valence electrons. The van der Waals surface area contributed by atoms with Crippen molar-refractivity contribution < 1.29 is 0 Å². The predicted molar refractivity (Wildman–Crippen MR) is 45.3 cm³/mol. The van der Waals surface area contributed by atoms with Gasteiger partial charge >= 0.3 is 0 Å². The number of nitrogens with two attached hydrogens (primary N) is 1. The smallest absolute Gasteiger partial charge is 0.0786 e. The quantitative estimate of drug-likeness (QED) is 0.610. The van der Waals surface area contributed by atoms with Crippen LogP contribution in [0, 0.1) is 0 Å². The van der Waals surface area contributed by atoms with Crippen molar-refractivity contribution in [1.82, 2.24) is 0 Å². The van der Waals surface area contributed by atoms with Gasteiger partial charge in [0.1, 0.15) is 0 Å². The van der Waals surface area contributed by atoms with E-state index in [9.17, 15) is 0 Å². The Morgan fingerprint density at radius 1 is 1.70 bits per heavy atom. The summed E-state index contributed by atoms with van der Waals surface area (Å²) in [5, 5.41) is 0.740. The third-order valence-electron chi connectivity index (χ3n) is 1.52. The fourth-order valence-electron chi connectivity index (χ4n) is 0.784. The standard InChI is InChI=1S/C7H9Cl2N/c8-6-1-3-7(9,5-10)4-2-6/h1-3H,4-5,10H2. The molecule has 1 aliphatic rings. The van der Waals surface area contributed by atoms with E-state index in [1.165, 1.54) is 0 Å². The Morgan fingerprint density at radius 2 is 2.40 bits per heavy atom. The van der Waals surface area contributed by atoms with Crippen LogP contribution in [0.15, 0.2) is 23.3 Å². The van der Waals surface area contributed by atoms with Crippen molar-refractivity contribution in [2.75, 3.05) is 6.54 Å². The van der Waals surface area contributed by atoms with E-state index in [-0.39, 0.29) is 0 Å². The molecule has 10 heavy (non-hydrogen) atoms. The number of rotatable bonds is 1. The lowest BCUT2D eigenvalue weighted by Crippen LogP contribution is -2.29. The second-order valence-corrected chi connectivity index (χ2v) is 3.55. The van der Waals surface area contributed by atoms with Gasteiger partial charge in [-0.05, 0) is 12.5 Å². The molecule has 1 aliphatic carbocycles. The molecule has 1 atom stereocenters. The van der Waals surface area contributed by atoms with Crippen LogP contribution in [0.25, 0.3) is 0 Å². The van der Waals surface area contributed by atoms with E-state index in [0.29, 0.717) is 6.54 Å². The van der Waals surface area contributed by atoms with Crippen molar-refractivity contribution in [2.24, 2.45) is 5.73 Å². The van der Waals surface area contributed by atoms with Gasteiger partial charge < -0.3 is 5.73 Å². The molecule has 0 amide bonds. The van der Waals surface area contributed by atoms with Crippen molar-refractivity contribution in [3.63, 3.8) is 0 Å². The fraction of sp³-hybridized carbons (Fsp3) is 0.429. The number of allylic oxidation sites excluding steroid dienone is 3. The van der Waals surface area contributed by atoms with Crippen LogP contribution in [0.3, 0.4) is 0 Å². The molecule has 0 aromatic rings. The zero-order valence-electron chi connectivity index (χ0n) is 5.48. The average Bonchev–Trinajstić information content (AvgIpc) is 1.96. The highest BCUT2D eigenvalue weighted by Crippen LogP contribution is 2.27. The van der Waals surface area contributed by atoms with Crippen LogP contribution >= 0.6 is 23.2 Å². The summed E-state index contributed by atoms with van der Waals surface area (Å²) in [6, 6.07) is 0. The molecule has 0 radical (unpaired) electrons. The summed E-state index contributed by atoms with van der Waals surface area (Å²) in [5.41, 5.74) is 5.43. The Hall–Kier alpha value is 0.0200. The topological polar surface area (TPSA) is 26.0 Å². The lowest BCUT2D eigenvalue weighted by molar-refractivity contribution is 0.710. The first-order valence-corrected chi connectivity index (χ1v) is 3.86. The third-order valence-corrected chi connectivity index (χ3v) is 2.23. The Labute approximate surface area is 70.5 Å². The summed E-state index contributed by atoms with van der Waals surface area (Å²) in [6.07, 6.45) is 6.23. The molecule has 0 aromatic heterocycles. The fourth-order valence-corrected chi connectivity index (χ4v) is 1.06. The zero-order chi connectivity index (χ0) is 7.61. The minimum atomic E-state index is -0.390. The van der Waals surface area contributed by atoms with Gasteiger partial charge in [0, 0.05) is 11.6 Å². The lowest BCUT2D eigenvalue weighted by Gasteiger charge is -2.21. The van der Waals surface area contributed by atoms with E-state index in [4.69, 9.17) is 28.9 Å². The van der Waals surface area contributed by atoms with E-state index in [1.807, 2.05) is 12.2 Å². The summed E-state index contributed by atoms with van der Waals surface area (Å²) in [7, 11) is 0. The zero-order valence-corrected chi connectivity index (χ0v) is 6.99. The molecule has 0 heterocycles. The molecule has 1 rings (SSSR count). The monoisotopic (exact) mass is 177 g/mol. The van der Waals surface area contributed by atoms with Crippen molar-refractivity contribution in [2.45, 2.75) is 11.3 Å². The van der Waals surface area contributed by atoms with Crippen molar-refractivity contribution in [1.29, 1.82) is 0 Å². The Bertz CT molecular complexity index is 186. The van der Waals surface area contributed by atoms with Crippen LogP contribution < -0.4 is 5.73 Å². The molecule has 0 aliphatic heterocycles. The van der Waals surface area contributed by atoms with E-state index in [1.54, 1.807) is 6.08 Å². The number of hydrogen-bond acceptors (Lipinski definition) is 1. The van der Waals surface area contributed by atoms with Gasteiger partial charge in [-0.1, -0.05) is 23.8 Å². The second-order valence-electron chi connectivity index (χ2n) is 2.37. The molecule has 0 fully saturated rings. The van der Waals surface area contributed by atoms with Crippen LogP contribution in [0.5, 0.6) is 0 Å². The van der Waals surface area contributed by atoms with Crippen molar-refractivity contribution in [3.8, 4) is 0 Å².